The van der Waals surface area contributed by atoms with E-state index in [1.54, 1.807) is 7.11 Å². The first-order valence-electron chi connectivity index (χ1n) is 4.52. The summed E-state index contributed by atoms with van der Waals surface area (Å²) in [4.78, 5) is 2.15. The van der Waals surface area contributed by atoms with Crippen molar-refractivity contribution in [1.29, 1.82) is 0 Å². The van der Waals surface area contributed by atoms with E-state index in [2.05, 4.69) is 53.9 Å². The van der Waals surface area contributed by atoms with Crippen LogP contribution in [0.15, 0.2) is 12.1 Å². The van der Waals surface area contributed by atoms with Gasteiger partial charge in [-0.25, -0.2) is 0 Å². The van der Waals surface area contributed by atoms with Gasteiger partial charge in [0.25, 0.3) is 0 Å². The molecule has 0 bridgehead atoms. The fourth-order valence-electron chi connectivity index (χ4n) is 1.47. The molecular formula is C11H16BrNO. The number of hydrogen-bond donors (Lipinski definition) is 0. The Morgan fingerprint density at radius 3 is 2.43 bits per heavy atom. The molecule has 0 radical (unpaired) electrons. The van der Waals surface area contributed by atoms with Gasteiger partial charge in [0.15, 0.2) is 0 Å². The fourth-order valence-corrected chi connectivity index (χ4v) is 1.74. The normalized spacial score (nSPS) is 10.1. The zero-order valence-electron chi connectivity index (χ0n) is 9.10. The number of hydrogen-bond acceptors (Lipinski definition) is 2. The molecular weight excluding hydrogens is 242 g/mol. The Bertz CT molecular complexity index is 325. The van der Waals surface area contributed by atoms with E-state index in [4.69, 9.17) is 4.74 Å². The zero-order chi connectivity index (χ0) is 10.7. The number of aryl methyl sites for hydroxylation is 2. The third-order valence-electron chi connectivity index (χ3n) is 2.30. The fraction of sp³-hybridized carbons (Fsp3) is 0.455. The summed E-state index contributed by atoms with van der Waals surface area (Å²) in [6.45, 7) is 4.15. The molecule has 0 heterocycles. The van der Waals surface area contributed by atoms with E-state index < -0.39 is 0 Å². The van der Waals surface area contributed by atoms with Crippen LogP contribution < -0.4 is 9.64 Å². The first-order valence-corrected chi connectivity index (χ1v) is 5.64. The predicted molar refractivity (Wildman–Crippen MR) is 64.7 cm³/mol. The molecule has 1 rings (SSSR count). The number of halogens is 1. The lowest BCUT2D eigenvalue weighted by Crippen LogP contribution is -2.15. The van der Waals surface area contributed by atoms with Crippen molar-refractivity contribution >= 4 is 21.6 Å². The van der Waals surface area contributed by atoms with Crippen molar-refractivity contribution in [2.75, 3.05) is 24.5 Å². The summed E-state index contributed by atoms with van der Waals surface area (Å²) < 4.78 is 5.26. The average Bonchev–Trinajstić information content (AvgIpc) is 2.19. The second-order valence-electron chi connectivity index (χ2n) is 3.43. The van der Waals surface area contributed by atoms with Gasteiger partial charge in [-0.05, 0) is 37.1 Å². The van der Waals surface area contributed by atoms with Crippen molar-refractivity contribution < 1.29 is 4.74 Å². The third-order valence-corrected chi connectivity index (χ3v) is 3.06. The molecule has 0 atom stereocenters. The lowest BCUT2D eigenvalue weighted by Gasteiger charge is -2.20. The Balaban J connectivity index is 3.14. The molecule has 0 aliphatic heterocycles. The molecule has 2 nitrogen and oxygen atoms in total. The zero-order valence-corrected chi connectivity index (χ0v) is 10.7. The Hall–Kier alpha value is -0.700. The van der Waals surface area contributed by atoms with Gasteiger partial charge in [-0.1, -0.05) is 15.9 Å². The highest BCUT2D eigenvalue weighted by Crippen LogP contribution is 2.28. The smallest absolute Gasteiger partial charge is 0.122 e. The molecule has 0 aromatic heterocycles. The molecule has 0 fully saturated rings. The molecule has 1 aromatic rings. The maximum atomic E-state index is 5.26. The summed E-state index contributed by atoms with van der Waals surface area (Å²) in [5.74, 6) is 0.953. The van der Waals surface area contributed by atoms with Crippen molar-refractivity contribution in [3.63, 3.8) is 0 Å². The van der Waals surface area contributed by atoms with Crippen LogP contribution in [-0.2, 0) is 0 Å². The summed E-state index contributed by atoms with van der Waals surface area (Å²) in [6, 6.07) is 4.22. The SMILES string of the molecule is COc1cc(C)c(N(C)CBr)cc1C. The number of alkyl halides is 1. The van der Waals surface area contributed by atoms with Crippen LogP contribution in [-0.4, -0.2) is 19.6 Å². The van der Waals surface area contributed by atoms with Crippen molar-refractivity contribution in [3.8, 4) is 5.75 Å². The van der Waals surface area contributed by atoms with Crippen LogP contribution in [0.3, 0.4) is 0 Å². The van der Waals surface area contributed by atoms with Crippen molar-refractivity contribution in [3.05, 3.63) is 23.3 Å². The Morgan fingerprint density at radius 2 is 1.93 bits per heavy atom. The maximum absolute atomic E-state index is 5.26. The highest BCUT2D eigenvalue weighted by Gasteiger charge is 2.07. The van der Waals surface area contributed by atoms with Gasteiger partial charge in [0.05, 0.1) is 12.6 Å². The van der Waals surface area contributed by atoms with E-state index in [0.717, 1.165) is 11.2 Å². The van der Waals surface area contributed by atoms with Crippen LogP contribution >= 0.6 is 15.9 Å². The molecule has 0 N–H and O–H groups in total. The number of anilines is 1. The number of benzene rings is 1. The van der Waals surface area contributed by atoms with Crippen LogP contribution in [0.2, 0.25) is 0 Å². The van der Waals surface area contributed by atoms with E-state index >= 15 is 0 Å². The summed E-state index contributed by atoms with van der Waals surface area (Å²) in [6.07, 6.45) is 0. The summed E-state index contributed by atoms with van der Waals surface area (Å²) in [5, 5.41) is 0. The molecule has 0 aliphatic carbocycles. The predicted octanol–water partition coefficient (Wildman–Crippen LogP) is 3.10. The van der Waals surface area contributed by atoms with E-state index in [-0.39, 0.29) is 0 Å². The molecule has 78 valence electrons. The first kappa shape index (κ1) is 11.4. The highest BCUT2D eigenvalue weighted by molar-refractivity contribution is 9.09. The van der Waals surface area contributed by atoms with Gasteiger partial charge in [0.2, 0.25) is 0 Å². The summed E-state index contributed by atoms with van der Waals surface area (Å²) >= 11 is 3.44. The monoisotopic (exact) mass is 257 g/mol. The number of methoxy groups -OCH3 is 1. The molecule has 0 spiro atoms. The van der Waals surface area contributed by atoms with E-state index in [9.17, 15) is 0 Å². The summed E-state index contributed by atoms with van der Waals surface area (Å²) in [5.41, 5.74) is 4.47. The molecule has 0 saturated carbocycles. The van der Waals surface area contributed by atoms with Crippen LogP contribution in [0.5, 0.6) is 5.75 Å². The van der Waals surface area contributed by atoms with Crippen molar-refractivity contribution in [2.45, 2.75) is 13.8 Å². The van der Waals surface area contributed by atoms with E-state index in [1.165, 1.54) is 16.8 Å². The highest BCUT2D eigenvalue weighted by atomic mass is 79.9. The average molecular weight is 258 g/mol. The van der Waals surface area contributed by atoms with Crippen molar-refractivity contribution in [1.82, 2.24) is 0 Å². The van der Waals surface area contributed by atoms with Gasteiger partial charge >= 0.3 is 0 Å². The van der Waals surface area contributed by atoms with Gasteiger partial charge < -0.3 is 9.64 Å². The first-order chi connectivity index (χ1) is 6.60. The van der Waals surface area contributed by atoms with Gasteiger partial charge in [-0.3, -0.25) is 0 Å². The van der Waals surface area contributed by atoms with Gasteiger partial charge in [-0.2, -0.15) is 0 Å². The molecule has 1 aromatic carbocycles. The minimum absolute atomic E-state index is 0.833. The number of rotatable bonds is 3. The van der Waals surface area contributed by atoms with E-state index in [0.29, 0.717) is 0 Å². The third kappa shape index (κ3) is 2.21. The van der Waals surface area contributed by atoms with E-state index in [1.807, 2.05) is 0 Å². The molecule has 0 saturated heterocycles. The minimum Gasteiger partial charge on any atom is -0.496 e. The second kappa shape index (κ2) is 4.69. The quantitative estimate of drug-likeness (QED) is 0.610. The number of nitrogens with zero attached hydrogens (tertiary/aromatic N) is 1. The van der Waals surface area contributed by atoms with Crippen LogP contribution in [0.1, 0.15) is 11.1 Å². The van der Waals surface area contributed by atoms with Crippen LogP contribution in [0.4, 0.5) is 5.69 Å². The number of ether oxygens (including phenoxy) is 1. The standard InChI is InChI=1S/C11H16BrNO/c1-8-6-11(14-4)9(2)5-10(8)13(3)7-12/h5-6H,7H2,1-4H3. The molecule has 14 heavy (non-hydrogen) atoms. The van der Waals surface area contributed by atoms with Gasteiger partial charge in [0.1, 0.15) is 5.75 Å². The molecule has 0 aliphatic rings. The van der Waals surface area contributed by atoms with Gasteiger partial charge in [0, 0.05) is 12.7 Å². The Kier molecular flexibility index (Phi) is 3.81. The Morgan fingerprint density at radius 1 is 1.29 bits per heavy atom. The Labute approximate surface area is 94.0 Å². The van der Waals surface area contributed by atoms with Crippen molar-refractivity contribution in [2.24, 2.45) is 0 Å². The van der Waals surface area contributed by atoms with Gasteiger partial charge in [-0.15, -0.1) is 0 Å². The van der Waals surface area contributed by atoms with Crippen LogP contribution in [0, 0.1) is 13.8 Å². The maximum Gasteiger partial charge on any atom is 0.122 e. The van der Waals surface area contributed by atoms with Crippen LogP contribution in [0.25, 0.3) is 0 Å². The topological polar surface area (TPSA) is 12.5 Å². The summed E-state index contributed by atoms with van der Waals surface area (Å²) in [7, 11) is 3.76. The molecule has 0 unspecified atom stereocenters. The lowest BCUT2D eigenvalue weighted by molar-refractivity contribution is 0.411. The lowest BCUT2D eigenvalue weighted by atomic mass is 10.1. The molecule has 3 heteroatoms. The second-order valence-corrected chi connectivity index (χ2v) is 3.93. The largest absolute Gasteiger partial charge is 0.496 e. The molecule has 0 amide bonds. The minimum atomic E-state index is 0.833.